The third-order valence-electron chi connectivity index (χ3n) is 3.54. The Morgan fingerprint density at radius 3 is 2.57 bits per heavy atom. The Kier molecular flexibility index (Phi) is 3.23. The van der Waals surface area contributed by atoms with E-state index in [0.29, 0.717) is 0 Å². The van der Waals surface area contributed by atoms with Gasteiger partial charge in [0.2, 0.25) is 0 Å². The Bertz CT molecular complexity index is 680. The van der Waals surface area contributed by atoms with Crippen LogP contribution >= 0.6 is 0 Å². The average molecular weight is 293 g/mol. The molecule has 3 N–H and O–H groups in total. The minimum atomic E-state index is -4.44. The van der Waals surface area contributed by atoms with Crippen LogP contribution in [0.1, 0.15) is 23.1 Å². The minimum absolute atomic E-state index is 0.0975. The van der Waals surface area contributed by atoms with Crippen LogP contribution in [0.2, 0.25) is 0 Å². The lowest BCUT2D eigenvalue weighted by Gasteiger charge is -2.12. The Morgan fingerprint density at radius 2 is 1.81 bits per heavy atom. The van der Waals surface area contributed by atoms with Crippen molar-refractivity contribution in [2.45, 2.75) is 25.4 Å². The van der Waals surface area contributed by atoms with Crippen LogP contribution in [-0.4, -0.2) is 4.98 Å². The van der Waals surface area contributed by atoms with E-state index >= 15 is 0 Å². The molecule has 0 amide bonds. The quantitative estimate of drug-likeness (QED) is 0.882. The Labute approximate surface area is 120 Å². The third-order valence-corrected chi connectivity index (χ3v) is 3.54. The smallest absolute Gasteiger partial charge is 0.384 e. The molecule has 0 saturated carbocycles. The number of nitrogens with one attached hydrogen (secondary N) is 1. The lowest BCUT2D eigenvalue weighted by molar-refractivity contribution is -0.137. The van der Waals surface area contributed by atoms with Crippen molar-refractivity contribution in [2.24, 2.45) is 0 Å². The summed E-state index contributed by atoms with van der Waals surface area (Å²) in [5, 5.41) is 2.90. The molecule has 6 heteroatoms. The van der Waals surface area contributed by atoms with Gasteiger partial charge in [0.15, 0.2) is 0 Å². The summed E-state index contributed by atoms with van der Waals surface area (Å²) in [6.07, 6.45) is -1.26. The number of pyridine rings is 1. The summed E-state index contributed by atoms with van der Waals surface area (Å²) in [6, 6.07) is 7.60. The predicted octanol–water partition coefficient (Wildman–Crippen LogP) is 3.91. The van der Waals surface area contributed by atoms with Crippen molar-refractivity contribution in [1.82, 2.24) is 4.98 Å². The second-order valence-corrected chi connectivity index (χ2v) is 5.13. The predicted molar refractivity (Wildman–Crippen MR) is 75.4 cm³/mol. The molecule has 1 aromatic heterocycles. The number of fused-ring (bicyclic) bond motifs is 1. The van der Waals surface area contributed by atoms with Gasteiger partial charge in [-0.1, -0.05) is 6.07 Å². The fourth-order valence-electron chi connectivity index (χ4n) is 2.58. The van der Waals surface area contributed by atoms with Crippen molar-refractivity contribution >= 4 is 17.3 Å². The largest absolute Gasteiger partial charge is 0.416 e. The monoisotopic (exact) mass is 293 g/mol. The number of nitrogens with two attached hydrogens (primary N) is 1. The van der Waals surface area contributed by atoms with E-state index < -0.39 is 11.7 Å². The molecule has 110 valence electrons. The highest BCUT2D eigenvalue weighted by atomic mass is 19.4. The number of hydrogen-bond acceptors (Lipinski definition) is 3. The summed E-state index contributed by atoms with van der Waals surface area (Å²) >= 11 is 0. The fraction of sp³-hybridized carbons (Fsp3) is 0.267. The molecule has 0 radical (unpaired) electrons. The molecular weight excluding hydrogens is 279 g/mol. The number of rotatable bonds is 2. The molecule has 1 heterocycles. The molecule has 0 aliphatic heterocycles. The van der Waals surface area contributed by atoms with Gasteiger partial charge < -0.3 is 11.1 Å². The van der Waals surface area contributed by atoms with Crippen LogP contribution in [0.5, 0.6) is 0 Å². The van der Waals surface area contributed by atoms with Crippen LogP contribution in [0.25, 0.3) is 0 Å². The van der Waals surface area contributed by atoms with Crippen LogP contribution in [0.4, 0.5) is 30.5 Å². The zero-order valence-corrected chi connectivity index (χ0v) is 11.2. The first-order valence-electron chi connectivity index (χ1n) is 6.65. The molecule has 21 heavy (non-hydrogen) atoms. The highest BCUT2D eigenvalue weighted by molar-refractivity contribution is 5.61. The Morgan fingerprint density at radius 1 is 1.05 bits per heavy atom. The highest BCUT2D eigenvalue weighted by Crippen LogP contribution is 2.32. The highest BCUT2D eigenvalue weighted by Gasteiger charge is 2.31. The number of anilines is 3. The summed E-state index contributed by atoms with van der Waals surface area (Å²) in [7, 11) is 0. The van der Waals surface area contributed by atoms with Crippen molar-refractivity contribution in [3.05, 3.63) is 47.0 Å². The van der Waals surface area contributed by atoms with E-state index in [1.807, 2.05) is 18.2 Å². The summed E-state index contributed by atoms with van der Waals surface area (Å²) in [5.74, 6) is -0.0613. The second kappa shape index (κ2) is 4.95. The minimum Gasteiger partial charge on any atom is -0.384 e. The van der Waals surface area contributed by atoms with Crippen molar-refractivity contribution in [1.29, 1.82) is 0 Å². The second-order valence-electron chi connectivity index (χ2n) is 5.13. The molecule has 2 aromatic rings. The van der Waals surface area contributed by atoms with Gasteiger partial charge in [0, 0.05) is 5.69 Å². The van der Waals surface area contributed by atoms with Gasteiger partial charge in [0.05, 0.1) is 5.56 Å². The van der Waals surface area contributed by atoms with Crippen LogP contribution in [0.15, 0.2) is 30.3 Å². The topological polar surface area (TPSA) is 50.9 Å². The lowest BCUT2D eigenvalue weighted by Crippen LogP contribution is -2.08. The first-order valence-corrected chi connectivity index (χ1v) is 6.65. The molecular formula is C15H14F3N3. The van der Waals surface area contributed by atoms with Crippen LogP contribution < -0.4 is 11.1 Å². The van der Waals surface area contributed by atoms with Crippen molar-refractivity contribution in [3.63, 3.8) is 0 Å². The average Bonchev–Trinajstić information content (AvgIpc) is 2.84. The number of halogens is 3. The number of nitrogens with zero attached hydrogens (tertiary/aromatic N) is 1. The van der Waals surface area contributed by atoms with Crippen LogP contribution in [-0.2, 0) is 19.0 Å². The van der Waals surface area contributed by atoms with E-state index in [1.165, 1.54) is 11.1 Å². The molecule has 0 unspecified atom stereocenters. The summed E-state index contributed by atoms with van der Waals surface area (Å²) in [6.45, 7) is 0. The number of aryl methyl sites for hydroxylation is 2. The zero-order chi connectivity index (χ0) is 15.0. The molecule has 0 spiro atoms. The molecule has 0 fully saturated rings. The SMILES string of the molecule is Nc1cc(C(F)(F)F)cc(Nc2ccc3c(c2)CCC3)n1. The summed E-state index contributed by atoms with van der Waals surface area (Å²) in [4.78, 5) is 3.90. The molecule has 1 aliphatic carbocycles. The Balaban J connectivity index is 1.89. The maximum Gasteiger partial charge on any atom is 0.416 e. The van der Waals surface area contributed by atoms with E-state index in [1.54, 1.807) is 0 Å². The van der Waals surface area contributed by atoms with Crippen molar-refractivity contribution < 1.29 is 13.2 Å². The molecule has 1 aliphatic rings. The molecule has 0 atom stereocenters. The normalized spacial score (nSPS) is 14.0. The molecule has 0 saturated heterocycles. The summed E-state index contributed by atoms with van der Waals surface area (Å²) < 4.78 is 38.3. The van der Waals surface area contributed by atoms with E-state index in [9.17, 15) is 13.2 Å². The van der Waals surface area contributed by atoms with Gasteiger partial charge in [-0.25, -0.2) is 4.98 Å². The summed E-state index contributed by atoms with van der Waals surface area (Å²) in [5.41, 5.74) is 7.90. The van der Waals surface area contributed by atoms with Crippen molar-refractivity contribution in [3.8, 4) is 0 Å². The number of nitrogen functional groups attached to an aromatic ring is 1. The van der Waals surface area contributed by atoms with E-state index in [4.69, 9.17) is 5.73 Å². The maximum atomic E-state index is 12.8. The van der Waals surface area contributed by atoms with Gasteiger partial charge in [-0.3, -0.25) is 0 Å². The zero-order valence-electron chi connectivity index (χ0n) is 11.2. The lowest BCUT2D eigenvalue weighted by atomic mass is 10.1. The number of aromatic nitrogens is 1. The van der Waals surface area contributed by atoms with Gasteiger partial charge in [0.25, 0.3) is 0 Å². The van der Waals surface area contributed by atoms with Gasteiger partial charge in [-0.05, 0) is 54.7 Å². The number of alkyl halides is 3. The van der Waals surface area contributed by atoms with Crippen LogP contribution in [0.3, 0.4) is 0 Å². The first kappa shape index (κ1) is 13.7. The number of hydrogen-bond donors (Lipinski definition) is 2. The third kappa shape index (κ3) is 2.94. The van der Waals surface area contributed by atoms with Crippen molar-refractivity contribution in [2.75, 3.05) is 11.1 Å². The van der Waals surface area contributed by atoms with Crippen LogP contribution in [0, 0.1) is 0 Å². The van der Waals surface area contributed by atoms with Gasteiger partial charge in [0.1, 0.15) is 11.6 Å². The van der Waals surface area contributed by atoms with Gasteiger partial charge in [-0.2, -0.15) is 13.2 Å². The molecule has 3 rings (SSSR count). The van der Waals surface area contributed by atoms with Gasteiger partial charge in [-0.15, -0.1) is 0 Å². The number of benzene rings is 1. The fourth-order valence-corrected chi connectivity index (χ4v) is 2.58. The Hall–Kier alpha value is -2.24. The first-order chi connectivity index (χ1) is 9.91. The van der Waals surface area contributed by atoms with E-state index in [2.05, 4.69) is 10.3 Å². The van der Waals surface area contributed by atoms with Gasteiger partial charge >= 0.3 is 6.18 Å². The maximum absolute atomic E-state index is 12.8. The molecule has 0 bridgehead atoms. The van der Waals surface area contributed by atoms with E-state index in [0.717, 1.165) is 37.1 Å². The molecule has 1 aromatic carbocycles. The standard InChI is InChI=1S/C15H14F3N3/c16-15(17,18)11-7-13(19)21-14(8-11)20-12-5-4-9-2-1-3-10(9)6-12/h4-8H,1-3H2,(H3,19,20,21). The van der Waals surface area contributed by atoms with E-state index in [-0.39, 0.29) is 11.6 Å². The molecule has 3 nitrogen and oxygen atoms in total.